The van der Waals surface area contributed by atoms with Crippen LogP contribution in [0.2, 0.25) is 0 Å². The second-order valence-corrected chi connectivity index (χ2v) is 9.10. The maximum absolute atomic E-state index is 12.3. The highest BCUT2D eigenvalue weighted by Gasteiger charge is 2.23. The number of benzene rings is 1. The molecule has 5 nitrogen and oxygen atoms in total. The maximum atomic E-state index is 12.3. The Morgan fingerprint density at radius 2 is 1.86 bits per heavy atom. The summed E-state index contributed by atoms with van der Waals surface area (Å²) in [7, 11) is 0. The molecule has 156 valence electrons. The van der Waals surface area contributed by atoms with Gasteiger partial charge < -0.3 is 20.5 Å². The van der Waals surface area contributed by atoms with Gasteiger partial charge in [0.05, 0.1) is 11.0 Å². The van der Waals surface area contributed by atoms with Crippen LogP contribution in [0.15, 0.2) is 24.3 Å². The minimum absolute atomic E-state index is 0.239. The van der Waals surface area contributed by atoms with Gasteiger partial charge in [0.25, 0.3) is 0 Å². The summed E-state index contributed by atoms with van der Waals surface area (Å²) in [6, 6.07) is 6.76. The van der Waals surface area contributed by atoms with Crippen LogP contribution in [-0.4, -0.2) is 27.8 Å². The van der Waals surface area contributed by atoms with Crippen molar-refractivity contribution in [3.63, 3.8) is 0 Å². The number of carbonyl (C=O) groups is 1. The van der Waals surface area contributed by atoms with E-state index in [1.54, 1.807) is 12.1 Å². The first-order chi connectivity index (χ1) is 13.2. The van der Waals surface area contributed by atoms with Gasteiger partial charge in [-0.3, -0.25) is 0 Å². The second kappa shape index (κ2) is 10.6. The van der Waals surface area contributed by atoms with Gasteiger partial charge in [0.1, 0.15) is 11.4 Å². The number of ether oxygens (including phenoxy) is 1. The zero-order valence-electron chi connectivity index (χ0n) is 17.3. The van der Waals surface area contributed by atoms with Crippen molar-refractivity contribution in [2.24, 2.45) is 5.92 Å². The van der Waals surface area contributed by atoms with Crippen LogP contribution in [0.5, 0.6) is 5.75 Å². The number of aromatic hydroxyl groups is 1. The van der Waals surface area contributed by atoms with Gasteiger partial charge in [-0.25, -0.2) is 4.79 Å². The van der Waals surface area contributed by atoms with Gasteiger partial charge in [0, 0.05) is 6.54 Å². The predicted octanol–water partition coefficient (Wildman–Crippen LogP) is 5.06. The molecule has 1 aromatic carbocycles. The summed E-state index contributed by atoms with van der Waals surface area (Å²) < 4.78 is 5.42. The van der Waals surface area contributed by atoms with E-state index >= 15 is 0 Å². The number of hydrogen-bond donors (Lipinski definition) is 3. The fourth-order valence-corrected chi connectivity index (χ4v) is 3.77. The van der Waals surface area contributed by atoms with E-state index in [1.165, 1.54) is 32.1 Å². The Morgan fingerprint density at radius 3 is 2.46 bits per heavy atom. The molecule has 0 spiro atoms. The molecule has 1 aliphatic rings. The topological polar surface area (TPSA) is 70.6 Å². The van der Waals surface area contributed by atoms with E-state index in [9.17, 15) is 9.90 Å². The summed E-state index contributed by atoms with van der Waals surface area (Å²) in [6.45, 7) is 6.11. The monoisotopic (exact) mass is 406 g/mol. The molecule has 1 aromatic rings. The number of phenolic OH excluding ortho intramolecular Hbond substituents is 1. The molecule has 0 bridgehead atoms. The van der Waals surface area contributed by atoms with E-state index in [-0.39, 0.29) is 11.8 Å². The van der Waals surface area contributed by atoms with Gasteiger partial charge in [0.15, 0.2) is 0 Å². The second-order valence-electron chi connectivity index (χ2n) is 8.66. The number of nitrogens with one attached hydrogen (secondary N) is 2. The highest BCUT2D eigenvalue weighted by Crippen LogP contribution is 2.28. The van der Waals surface area contributed by atoms with Crippen LogP contribution in [0.4, 0.5) is 4.79 Å². The first-order valence-electron chi connectivity index (χ1n) is 10.3. The normalized spacial score (nSPS) is 16.2. The zero-order chi connectivity index (χ0) is 20.6. The molecule has 0 saturated heterocycles. The number of amides is 1. The molecule has 0 radical (unpaired) electrons. The number of phenols is 1. The molecular weight excluding hydrogens is 372 g/mol. The van der Waals surface area contributed by atoms with Crippen molar-refractivity contribution in [3.05, 3.63) is 29.8 Å². The highest BCUT2D eigenvalue weighted by atomic mass is 32.1. The molecule has 2 rings (SSSR count). The molecule has 6 heteroatoms. The van der Waals surface area contributed by atoms with Gasteiger partial charge in [-0.2, -0.15) is 0 Å². The third-order valence-corrected chi connectivity index (χ3v) is 5.43. The van der Waals surface area contributed by atoms with Crippen LogP contribution < -0.4 is 10.6 Å². The van der Waals surface area contributed by atoms with Gasteiger partial charge in [-0.15, -0.1) is 0 Å². The van der Waals surface area contributed by atoms with Crippen molar-refractivity contribution in [2.75, 3.05) is 0 Å². The largest absolute Gasteiger partial charge is 0.508 e. The van der Waals surface area contributed by atoms with Crippen molar-refractivity contribution >= 4 is 23.3 Å². The lowest BCUT2D eigenvalue weighted by atomic mass is 9.85. The van der Waals surface area contributed by atoms with Crippen molar-refractivity contribution in [3.8, 4) is 5.75 Å². The van der Waals surface area contributed by atoms with Gasteiger partial charge >= 0.3 is 6.09 Å². The predicted molar refractivity (Wildman–Crippen MR) is 117 cm³/mol. The van der Waals surface area contributed by atoms with Crippen LogP contribution >= 0.6 is 12.2 Å². The average Bonchev–Trinajstić information content (AvgIpc) is 2.63. The molecule has 1 saturated carbocycles. The molecule has 1 amide bonds. The molecule has 28 heavy (non-hydrogen) atoms. The lowest BCUT2D eigenvalue weighted by Crippen LogP contribution is -2.47. The third kappa shape index (κ3) is 8.46. The molecule has 1 fully saturated rings. The highest BCUT2D eigenvalue weighted by molar-refractivity contribution is 7.80. The molecule has 0 unspecified atom stereocenters. The SMILES string of the molecule is CC(C)(C)OC(=O)N[C@H](CCC1CCCCC1)C(=S)NCc1ccc(O)cc1. The van der Waals surface area contributed by atoms with E-state index < -0.39 is 11.7 Å². The molecule has 0 aromatic heterocycles. The molecule has 1 atom stereocenters. The lowest BCUT2D eigenvalue weighted by molar-refractivity contribution is 0.0514. The smallest absolute Gasteiger partial charge is 0.408 e. The van der Waals surface area contributed by atoms with Gasteiger partial charge in [-0.1, -0.05) is 56.5 Å². The van der Waals surface area contributed by atoms with Crippen molar-refractivity contribution in [1.29, 1.82) is 0 Å². The molecule has 3 N–H and O–H groups in total. The summed E-state index contributed by atoms with van der Waals surface area (Å²) in [5, 5.41) is 15.6. The summed E-state index contributed by atoms with van der Waals surface area (Å²) in [5.41, 5.74) is 0.475. The number of hydrogen-bond acceptors (Lipinski definition) is 4. The summed E-state index contributed by atoms with van der Waals surface area (Å²) in [4.78, 5) is 12.9. The van der Waals surface area contributed by atoms with Crippen LogP contribution in [0.3, 0.4) is 0 Å². The van der Waals surface area contributed by atoms with Crippen molar-refractivity contribution in [1.82, 2.24) is 10.6 Å². The Hall–Kier alpha value is -1.82. The van der Waals surface area contributed by atoms with E-state index in [0.717, 1.165) is 24.3 Å². The fourth-order valence-electron chi connectivity index (χ4n) is 3.52. The van der Waals surface area contributed by atoms with Gasteiger partial charge in [-0.05, 0) is 57.2 Å². The van der Waals surface area contributed by atoms with Crippen LogP contribution in [0.25, 0.3) is 0 Å². The van der Waals surface area contributed by atoms with Crippen molar-refractivity contribution < 1.29 is 14.6 Å². The molecule has 0 heterocycles. The number of thiocarbonyl (C=S) groups is 1. The van der Waals surface area contributed by atoms with Crippen molar-refractivity contribution in [2.45, 2.75) is 83.9 Å². The Bertz CT molecular complexity index is 634. The average molecular weight is 407 g/mol. The Morgan fingerprint density at radius 1 is 1.21 bits per heavy atom. The van der Waals surface area contributed by atoms with Crippen LogP contribution in [0.1, 0.15) is 71.3 Å². The molecule has 0 aliphatic heterocycles. The Balaban J connectivity index is 1.93. The van der Waals surface area contributed by atoms with Crippen LogP contribution in [-0.2, 0) is 11.3 Å². The van der Waals surface area contributed by atoms with Crippen LogP contribution in [0, 0.1) is 5.92 Å². The lowest BCUT2D eigenvalue weighted by Gasteiger charge is -2.27. The zero-order valence-corrected chi connectivity index (χ0v) is 18.1. The molecular formula is C22H34N2O3S. The van der Waals surface area contributed by atoms with Gasteiger partial charge in [0.2, 0.25) is 0 Å². The Labute approximate surface area is 174 Å². The standard InChI is InChI=1S/C22H34N2O3S/c1-22(2,3)27-21(26)24-19(14-11-16-7-5-4-6-8-16)20(28)23-15-17-9-12-18(25)13-10-17/h9-10,12-13,16,19,25H,4-8,11,14-15H2,1-3H3,(H,23,28)(H,24,26)/t19-/m1/s1. The third-order valence-electron chi connectivity index (χ3n) is 5.00. The van der Waals surface area contributed by atoms with E-state index in [1.807, 2.05) is 32.9 Å². The fraction of sp³-hybridized carbons (Fsp3) is 0.636. The number of rotatable bonds is 7. The minimum Gasteiger partial charge on any atom is -0.508 e. The van der Waals surface area contributed by atoms with E-state index in [4.69, 9.17) is 17.0 Å². The summed E-state index contributed by atoms with van der Waals surface area (Å²) in [5.74, 6) is 0.958. The molecule has 1 aliphatic carbocycles. The first kappa shape index (κ1) is 22.5. The first-order valence-corrected chi connectivity index (χ1v) is 10.7. The van der Waals surface area contributed by atoms with E-state index in [0.29, 0.717) is 11.5 Å². The summed E-state index contributed by atoms with van der Waals surface area (Å²) >= 11 is 5.60. The minimum atomic E-state index is -0.543. The Kier molecular flexibility index (Phi) is 8.55. The summed E-state index contributed by atoms with van der Waals surface area (Å²) in [6.07, 6.45) is 7.92. The number of alkyl carbamates (subject to hydrolysis) is 1. The number of carbonyl (C=O) groups excluding carboxylic acids is 1. The quantitative estimate of drug-likeness (QED) is 0.552. The van der Waals surface area contributed by atoms with E-state index in [2.05, 4.69) is 10.6 Å². The maximum Gasteiger partial charge on any atom is 0.408 e.